The molecule has 0 bridgehead atoms. The Labute approximate surface area is 171 Å². The van der Waals surface area contributed by atoms with Crippen LogP contribution in [0.25, 0.3) is 0 Å². The lowest BCUT2D eigenvalue weighted by molar-refractivity contribution is -0.120. The van der Waals surface area contributed by atoms with Gasteiger partial charge in [-0.05, 0) is 42.8 Å². The number of aliphatic hydroxyl groups is 1. The van der Waals surface area contributed by atoms with Gasteiger partial charge in [-0.1, -0.05) is 45.1 Å². The molecule has 0 radical (unpaired) electrons. The number of aliphatic hydroxyl groups excluding tert-OH is 1. The molecule has 0 fully saturated rings. The molecule has 0 spiro atoms. The number of rotatable bonds is 13. The third-order valence-corrected chi connectivity index (χ3v) is 4.49. The summed E-state index contributed by atoms with van der Waals surface area (Å²) in [5.74, 6) is 0.546. The Balaban J connectivity index is 1.87. The highest BCUT2D eigenvalue weighted by Gasteiger charge is 2.17. The number of benzene rings is 2. The molecule has 0 aliphatic carbocycles. The van der Waals surface area contributed by atoms with Crippen molar-refractivity contribution < 1.29 is 28.9 Å². The fourth-order valence-electron chi connectivity index (χ4n) is 2.92. The molecule has 156 valence electrons. The number of ether oxygens (including phenoxy) is 3. The number of carbonyl (C=O) groups excluding carboxylic acids is 2. The molecule has 0 atom stereocenters. The van der Waals surface area contributed by atoms with Gasteiger partial charge in [0.05, 0.1) is 18.8 Å². The molecule has 2 aromatic rings. The monoisotopic (exact) mass is 400 g/mol. The molecule has 2 rings (SSSR count). The first-order chi connectivity index (χ1) is 14.2. The van der Waals surface area contributed by atoms with Crippen molar-refractivity contribution in [3.8, 4) is 17.2 Å². The van der Waals surface area contributed by atoms with Gasteiger partial charge in [0.1, 0.15) is 17.2 Å². The van der Waals surface area contributed by atoms with Crippen molar-refractivity contribution in [3.63, 3.8) is 0 Å². The third-order valence-electron chi connectivity index (χ3n) is 4.49. The number of hydrogen-bond acceptors (Lipinski definition) is 6. The van der Waals surface area contributed by atoms with Crippen LogP contribution in [0.2, 0.25) is 0 Å². The van der Waals surface area contributed by atoms with Crippen LogP contribution in [0.15, 0.2) is 42.5 Å². The van der Waals surface area contributed by atoms with Crippen molar-refractivity contribution in [2.24, 2.45) is 0 Å². The highest BCUT2D eigenvalue weighted by molar-refractivity contribution is 5.93. The molecule has 29 heavy (non-hydrogen) atoms. The lowest BCUT2D eigenvalue weighted by Gasteiger charge is -2.11. The van der Waals surface area contributed by atoms with Gasteiger partial charge in [0.25, 0.3) is 6.47 Å². The summed E-state index contributed by atoms with van der Waals surface area (Å²) in [7, 11) is 0. The quantitative estimate of drug-likeness (QED) is 0.228. The first kappa shape index (κ1) is 22.4. The number of unbranched alkanes of at least 4 members (excludes halogenated alkanes) is 5. The average molecular weight is 400 g/mol. The molecule has 0 aliphatic rings. The SMILES string of the molecule is CCCCCCCCOc1ccc(OC(=O)c2cccc(OC=O)c2CO)cc1. The highest BCUT2D eigenvalue weighted by atomic mass is 16.5. The Bertz CT molecular complexity index is 769. The standard InChI is InChI=1S/C23H28O6/c1-2-3-4-5-6-7-15-27-18-11-13-19(14-12-18)29-23(26)20-9-8-10-22(28-17-25)21(20)16-24/h8-14,17,24H,2-7,15-16H2,1H3. The first-order valence-corrected chi connectivity index (χ1v) is 9.97. The minimum absolute atomic E-state index is 0.121. The van der Waals surface area contributed by atoms with Gasteiger partial charge in [0.15, 0.2) is 0 Å². The van der Waals surface area contributed by atoms with Crippen LogP contribution in [0.1, 0.15) is 61.4 Å². The summed E-state index contributed by atoms with van der Waals surface area (Å²) in [5, 5.41) is 9.52. The van der Waals surface area contributed by atoms with Crippen molar-refractivity contribution in [1.82, 2.24) is 0 Å². The van der Waals surface area contributed by atoms with E-state index in [2.05, 4.69) is 6.92 Å². The van der Waals surface area contributed by atoms with Gasteiger partial charge >= 0.3 is 5.97 Å². The second kappa shape index (κ2) is 12.6. The van der Waals surface area contributed by atoms with E-state index in [9.17, 15) is 14.7 Å². The zero-order valence-electron chi connectivity index (χ0n) is 16.8. The van der Waals surface area contributed by atoms with Crippen molar-refractivity contribution in [2.45, 2.75) is 52.1 Å². The second-order valence-corrected chi connectivity index (χ2v) is 6.63. The third kappa shape index (κ3) is 7.23. The molecule has 0 saturated heterocycles. The van der Waals surface area contributed by atoms with E-state index in [-0.39, 0.29) is 23.3 Å². The Morgan fingerprint density at radius 2 is 1.66 bits per heavy atom. The van der Waals surface area contributed by atoms with E-state index >= 15 is 0 Å². The van der Waals surface area contributed by atoms with E-state index in [0.717, 1.165) is 18.6 Å². The van der Waals surface area contributed by atoms with E-state index < -0.39 is 12.6 Å². The molecule has 0 unspecified atom stereocenters. The Morgan fingerprint density at radius 1 is 0.966 bits per heavy atom. The summed E-state index contributed by atoms with van der Waals surface area (Å²) in [4.78, 5) is 23.0. The summed E-state index contributed by atoms with van der Waals surface area (Å²) < 4.78 is 15.9. The molecular weight excluding hydrogens is 372 g/mol. The average Bonchev–Trinajstić information content (AvgIpc) is 2.74. The summed E-state index contributed by atoms with van der Waals surface area (Å²) in [5.41, 5.74) is 0.332. The Hall–Kier alpha value is -2.86. The van der Waals surface area contributed by atoms with Gasteiger partial charge in [-0.2, -0.15) is 0 Å². The van der Waals surface area contributed by atoms with E-state index in [1.165, 1.54) is 37.8 Å². The minimum atomic E-state index is -0.647. The molecule has 0 saturated carbocycles. The van der Waals surface area contributed by atoms with Crippen LogP contribution in [0.5, 0.6) is 17.2 Å². The van der Waals surface area contributed by atoms with Gasteiger partial charge < -0.3 is 19.3 Å². The van der Waals surface area contributed by atoms with Crippen LogP contribution in [-0.2, 0) is 11.4 Å². The molecule has 1 N–H and O–H groups in total. The van der Waals surface area contributed by atoms with Gasteiger partial charge in [-0.15, -0.1) is 0 Å². The van der Waals surface area contributed by atoms with Crippen LogP contribution >= 0.6 is 0 Å². The van der Waals surface area contributed by atoms with E-state index in [1.54, 1.807) is 30.3 Å². The molecule has 6 heteroatoms. The van der Waals surface area contributed by atoms with E-state index in [4.69, 9.17) is 14.2 Å². The minimum Gasteiger partial charge on any atom is -0.494 e. The maximum Gasteiger partial charge on any atom is 0.344 e. The molecule has 0 aliphatic heterocycles. The van der Waals surface area contributed by atoms with Gasteiger partial charge in [0.2, 0.25) is 0 Å². The van der Waals surface area contributed by atoms with Gasteiger partial charge in [0, 0.05) is 5.56 Å². The largest absolute Gasteiger partial charge is 0.494 e. The zero-order valence-corrected chi connectivity index (χ0v) is 16.8. The Kier molecular flexibility index (Phi) is 9.72. The van der Waals surface area contributed by atoms with Crippen molar-refractivity contribution >= 4 is 12.4 Å². The van der Waals surface area contributed by atoms with Gasteiger partial charge in [-0.3, -0.25) is 4.79 Å². The second-order valence-electron chi connectivity index (χ2n) is 6.63. The lowest BCUT2D eigenvalue weighted by atomic mass is 10.1. The number of carbonyl (C=O) groups is 2. The van der Waals surface area contributed by atoms with Crippen LogP contribution in [0.4, 0.5) is 0 Å². The first-order valence-electron chi connectivity index (χ1n) is 9.97. The predicted octanol–water partition coefficient (Wildman–Crippen LogP) is 4.67. The van der Waals surface area contributed by atoms with E-state index in [1.807, 2.05) is 0 Å². The fourth-order valence-corrected chi connectivity index (χ4v) is 2.92. The molecule has 0 amide bonds. The normalized spacial score (nSPS) is 10.4. The molecule has 0 heterocycles. The summed E-state index contributed by atoms with van der Waals surface area (Å²) in [6.45, 7) is 2.65. The summed E-state index contributed by atoms with van der Waals surface area (Å²) >= 11 is 0. The highest BCUT2D eigenvalue weighted by Crippen LogP contribution is 2.25. The van der Waals surface area contributed by atoms with Crippen LogP contribution < -0.4 is 14.2 Å². The number of hydrogen-bond donors (Lipinski definition) is 1. The molecule has 2 aromatic carbocycles. The lowest BCUT2D eigenvalue weighted by Crippen LogP contribution is -2.12. The van der Waals surface area contributed by atoms with Crippen LogP contribution in [0.3, 0.4) is 0 Å². The van der Waals surface area contributed by atoms with E-state index in [0.29, 0.717) is 12.4 Å². The molecule has 6 nitrogen and oxygen atoms in total. The molecular formula is C23H28O6. The number of esters is 1. The van der Waals surface area contributed by atoms with Gasteiger partial charge in [-0.25, -0.2) is 4.79 Å². The topological polar surface area (TPSA) is 82.1 Å². The fraction of sp³-hybridized carbons (Fsp3) is 0.391. The summed E-state index contributed by atoms with van der Waals surface area (Å²) in [6.07, 6.45) is 7.22. The smallest absolute Gasteiger partial charge is 0.344 e. The van der Waals surface area contributed by atoms with Crippen LogP contribution in [0, 0.1) is 0 Å². The van der Waals surface area contributed by atoms with Crippen LogP contribution in [-0.4, -0.2) is 24.2 Å². The van der Waals surface area contributed by atoms with Crippen molar-refractivity contribution in [3.05, 3.63) is 53.6 Å². The zero-order chi connectivity index (χ0) is 20.9. The maximum atomic E-state index is 12.4. The Morgan fingerprint density at radius 3 is 2.34 bits per heavy atom. The van der Waals surface area contributed by atoms with Crippen molar-refractivity contribution in [1.29, 1.82) is 0 Å². The summed E-state index contributed by atoms with van der Waals surface area (Å²) in [6, 6.07) is 11.3. The maximum absolute atomic E-state index is 12.4. The van der Waals surface area contributed by atoms with Crippen molar-refractivity contribution in [2.75, 3.05) is 6.61 Å². The molecule has 0 aromatic heterocycles. The predicted molar refractivity (Wildman–Crippen MR) is 109 cm³/mol.